The summed E-state index contributed by atoms with van der Waals surface area (Å²) >= 11 is 0. The van der Waals surface area contributed by atoms with E-state index >= 15 is 0 Å². The highest BCUT2D eigenvalue weighted by Crippen LogP contribution is 2.34. The molecule has 1 aliphatic rings. The highest BCUT2D eigenvalue weighted by molar-refractivity contribution is 5.86. The van der Waals surface area contributed by atoms with E-state index in [4.69, 9.17) is 4.74 Å². The Hall–Kier alpha value is -3.15. The number of nitrogens with one attached hydrogen (secondary N) is 1. The molecule has 0 saturated carbocycles. The molecule has 0 fully saturated rings. The van der Waals surface area contributed by atoms with Crippen molar-refractivity contribution in [1.82, 2.24) is 20.1 Å². The third-order valence-corrected chi connectivity index (χ3v) is 4.82. The Labute approximate surface area is 151 Å². The molecule has 0 unspecified atom stereocenters. The topological polar surface area (TPSA) is 69.0 Å². The number of fused-ring (bicyclic) bond motifs is 1. The van der Waals surface area contributed by atoms with Crippen molar-refractivity contribution >= 4 is 5.91 Å². The molecular formula is C20H20N4O2. The zero-order chi connectivity index (χ0) is 18.1. The van der Waals surface area contributed by atoms with Crippen LogP contribution in [0.1, 0.15) is 34.7 Å². The predicted molar refractivity (Wildman–Crippen MR) is 96.8 cm³/mol. The van der Waals surface area contributed by atoms with Crippen LogP contribution < -0.4 is 10.1 Å². The lowest BCUT2D eigenvalue weighted by atomic mass is 9.99. The molecule has 3 aromatic rings. The Morgan fingerprint density at radius 2 is 1.88 bits per heavy atom. The minimum Gasteiger partial charge on any atom is -0.492 e. The number of hydrogen-bond donors (Lipinski definition) is 1. The van der Waals surface area contributed by atoms with E-state index in [0.717, 1.165) is 22.7 Å². The fourth-order valence-electron chi connectivity index (χ4n) is 3.24. The van der Waals surface area contributed by atoms with Gasteiger partial charge >= 0.3 is 0 Å². The third kappa shape index (κ3) is 2.83. The van der Waals surface area contributed by atoms with Crippen LogP contribution in [0.2, 0.25) is 0 Å². The largest absolute Gasteiger partial charge is 0.492 e. The monoisotopic (exact) mass is 348 g/mol. The Morgan fingerprint density at radius 3 is 2.62 bits per heavy atom. The first-order valence-corrected chi connectivity index (χ1v) is 8.58. The van der Waals surface area contributed by atoms with Crippen molar-refractivity contribution in [3.8, 4) is 5.75 Å². The Kier molecular flexibility index (Phi) is 4.16. The van der Waals surface area contributed by atoms with Gasteiger partial charge in [-0.3, -0.25) is 4.79 Å². The van der Waals surface area contributed by atoms with Crippen molar-refractivity contribution in [1.29, 1.82) is 0 Å². The molecule has 1 aliphatic heterocycles. The van der Waals surface area contributed by atoms with Crippen LogP contribution in [0.5, 0.6) is 5.75 Å². The second kappa shape index (κ2) is 6.63. The summed E-state index contributed by atoms with van der Waals surface area (Å²) < 4.78 is 7.56. The average molecular weight is 348 g/mol. The van der Waals surface area contributed by atoms with Gasteiger partial charge in [0.2, 0.25) is 5.91 Å². The number of amides is 1. The molecule has 2 aromatic carbocycles. The number of nitrogens with zero attached hydrogens (tertiary/aromatic N) is 3. The summed E-state index contributed by atoms with van der Waals surface area (Å²) in [6.07, 6.45) is 0. The van der Waals surface area contributed by atoms with Gasteiger partial charge in [0.15, 0.2) is 5.82 Å². The minimum absolute atomic E-state index is 0.0792. The summed E-state index contributed by atoms with van der Waals surface area (Å²) in [6, 6.07) is 17.1. The molecule has 2 heterocycles. The van der Waals surface area contributed by atoms with Crippen LogP contribution in [-0.4, -0.2) is 27.3 Å². The number of ether oxygens (including phenoxy) is 1. The zero-order valence-electron chi connectivity index (χ0n) is 14.7. The summed E-state index contributed by atoms with van der Waals surface area (Å²) in [7, 11) is 1.90. The van der Waals surface area contributed by atoms with Crippen molar-refractivity contribution in [3.05, 3.63) is 77.4 Å². The zero-order valence-corrected chi connectivity index (χ0v) is 14.7. The molecule has 0 radical (unpaired) electrons. The van der Waals surface area contributed by atoms with Crippen molar-refractivity contribution in [2.45, 2.75) is 18.9 Å². The van der Waals surface area contributed by atoms with Crippen LogP contribution in [0, 0.1) is 6.92 Å². The van der Waals surface area contributed by atoms with Crippen molar-refractivity contribution in [3.63, 3.8) is 0 Å². The Balaban J connectivity index is 1.66. The summed E-state index contributed by atoms with van der Waals surface area (Å²) in [5.74, 6) is 1.87. The van der Waals surface area contributed by atoms with Gasteiger partial charge in [-0.05, 0) is 18.6 Å². The highest BCUT2D eigenvalue weighted by atomic mass is 16.5. The van der Waals surface area contributed by atoms with Crippen LogP contribution in [0.3, 0.4) is 0 Å². The molecule has 0 aliphatic carbocycles. The molecule has 6 heteroatoms. The van der Waals surface area contributed by atoms with Crippen LogP contribution in [0.25, 0.3) is 0 Å². The molecule has 1 aromatic heterocycles. The number of aromatic nitrogens is 3. The second-order valence-electron chi connectivity index (χ2n) is 6.42. The molecule has 1 N–H and O–H groups in total. The van der Waals surface area contributed by atoms with E-state index in [0.29, 0.717) is 12.4 Å². The number of carbonyl (C=O) groups excluding carboxylic acids is 1. The first-order valence-electron chi connectivity index (χ1n) is 8.58. The summed E-state index contributed by atoms with van der Waals surface area (Å²) in [6.45, 7) is 2.24. The van der Waals surface area contributed by atoms with Gasteiger partial charge in [0, 0.05) is 12.6 Å². The quantitative estimate of drug-likeness (QED) is 0.787. The molecule has 132 valence electrons. The summed E-state index contributed by atoms with van der Waals surface area (Å²) in [5.41, 5.74) is 1.88. The lowest BCUT2D eigenvalue weighted by Crippen LogP contribution is -2.35. The molecule has 2 atom stereocenters. The number of benzene rings is 2. The SMILES string of the molecule is Cc1nnc([C@@H](NC(=O)[C@@H]2COc3ccccc32)c2ccccc2)n1C. The maximum absolute atomic E-state index is 13.0. The third-order valence-electron chi connectivity index (χ3n) is 4.82. The van der Waals surface area contributed by atoms with E-state index in [1.807, 2.05) is 73.1 Å². The van der Waals surface area contributed by atoms with Crippen molar-refractivity contribution in [2.24, 2.45) is 7.05 Å². The van der Waals surface area contributed by atoms with E-state index in [2.05, 4.69) is 15.5 Å². The highest BCUT2D eigenvalue weighted by Gasteiger charge is 2.32. The van der Waals surface area contributed by atoms with Gasteiger partial charge in [-0.2, -0.15) is 0 Å². The van der Waals surface area contributed by atoms with E-state index in [9.17, 15) is 4.79 Å². The van der Waals surface area contributed by atoms with Gasteiger partial charge in [0.1, 0.15) is 30.1 Å². The number of rotatable bonds is 4. The van der Waals surface area contributed by atoms with Gasteiger partial charge in [0.25, 0.3) is 0 Å². The van der Waals surface area contributed by atoms with E-state index < -0.39 is 0 Å². The molecule has 1 amide bonds. The Bertz CT molecular complexity index is 936. The van der Waals surface area contributed by atoms with Gasteiger partial charge in [-0.1, -0.05) is 48.5 Å². The predicted octanol–water partition coefficient (Wildman–Crippen LogP) is 2.51. The van der Waals surface area contributed by atoms with Gasteiger partial charge < -0.3 is 14.6 Å². The van der Waals surface area contributed by atoms with Gasteiger partial charge in [0.05, 0.1) is 0 Å². The van der Waals surface area contributed by atoms with Gasteiger partial charge in [-0.15, -0.1) is 10.2 Å². The number of para-hydroxylation sites is 1. The molecule has 26 heavy (non-hydrogen) atoms. The normalized spacial score (nSPS) is 16.6. The fraction of sp³-hybridized carbons (Fsp3) is 0.250. The Morgan fingerprint density at radius 1 is 1.15 bits per heavy atom. The van der Waals surface area contributed by atoms with E-state index in [1.165, 1.54) is 0 Å². The van der Waals surface area contributed by atoms with E-state index in [-0.39, 0.29) is 17.9 Å². The minimum atomic E-state index is -0.373. The molecule has 0 saturated heterocycles. The maximum atomic E-state index is 13.0. The van der Waals surface area contributed by atoms with Crippen LogP contribution in [-0.2, 0) is 11.8 Å². The standard InChI is InChI=1S/C20H20N4O2/c1-13-22-23-19(24(13)2)18(14-8-4-3-5-9-14)21-20(25)16-12-26-17-11-7-6-10-15(16)17/h3-11,16,18H,12H2,1-2H3,(H,21,25)/t16-,18+/m1/s1. The molecule has 6 nitrogen and oxygen atoms in total. The van der Waals surface area contributed by atoms with Crippen molar-refractivity contribution < 1.29 is 9.53 Å². The van der Waals surface area contributed by atoms with E-state index in [1.54, 1.807) is 0 Å². The number of carbonyl (C=O) groups is 1. The second-order valence-corrected chi connectivity index (χ2v) is 6.42. The molecular weight excluding hydrogens is 328 g/mol. The fourth-order valence-corrected chi connectivity index (χ4v) is 3.24. The smallest absolute Gasteiger partial charge is 0.232 e. The van der Waals surface area contributed by atoms with Crippen LogP contribution in [0.15, 0.2) is 54.6 Å². The molecule has 0 spiro atoms. The summed E-state index contributed by atoms with van der Waals surface area (Å²) in [4.78, 5) is 13.0. The number of hydrogen-bond acceptors (Lipinski definition) is 4. The molecule has 0 bridgehead atoms. The van der Waals surface area contributed by atoms with Crippen LogP contribution >= 0.6 is 0 Å². The maximum Gasteiger partial charge on any atom is 0.232 e. The first-order chi connectivity index (χ1) is 12.6. The lowest BCUT2D eigenvalue weighted by Gasteiger charge is -2.20. The first kappa shape index (κ1) is 16.3. The van der Waals surface area contributed by atoms with Gasteiger partial charge in [-0.25, -0.2) is 0 Å². The average Bonchev–Trinajstić information content (AvgIpc) is 3.25. The van der Waals surface area contributed by atoms with Crippen molar-refractivity contribution in [2.75, 3.05) is 6.61 Å². The molecule has 4 rings (SSSR count). The van der Waals surface area contributed by atoms with Crippen LogP contribution in [0.4, 0.5) is 0 Å². The number of aryl methyl sites for hydroxylation is 1. The lowest BCUT2D eigenvalue weighted by molar-refractivity contribution is -0.123. The summed E-state index contributed by atoms with van der Waals surface area (Å²) in [5, 5.41) is 11.6.